The van der Waals surface area contributed by atoms with Crippen molar-refractivity contribution in [1.82, 2.24) is 10.2 Å². The van der Waals surface area contributed by atoms with Gasteiger partial charge in [-0.3, -0.25) is 10.1 Å². The van der Waals surface area contributed by atoms with Crippen LogP contribution in [-0.4, -0.2) is 23.5 Å². The van der Waals surface area contributed by atoms with Gasteiger partial charge in [0.15, 0.2) is 0 Å². The Hall–Kier alpha value is -1.35. The Morgan fingerprint density at radius 1 is 1.33 bits per heavy atom. The zero-order valence-electron chi connectivity index (χ0n) is 11.0. The van der Waals surface area contributed by atoms with Crippen LogP contribution in [0.3, 0.4) is 0 Å². The molecule has 1 amide bonds. The summed E-state index contributed by atoms with van der Waals surface area (Å²) in [5, 5.41) is 3.40. The minimum atomic E-state index is -0.163. The average Bonchev–Trinajstić information content (AvgIpc) is 3.04. The van der Waals surface area contributed by atoms with E-state index >= 15 is 0 Å². The summed E-state index contributed by atoms with van der Waals surface area (Å²) in [5.41, 5.74) is 1.44. The third-order valence-corrected chi connectivity index (χ3v) is 4.19. The van der Waals surface area contributed by atoms with Crippen LogP contribution < -0.4 is 5.32 Å². The van der Waals surface area contributed by atoms with Crippen LogP contribution in [0.25, 0.3) is 0 Å². The molecular weight excluding hydrogens is 224 g/mol. The zero-order chi connectivity index (χ0) is 12.8. The fourth-order valence-corrected chi connectivity index (χ4v) is 2.64. The minimum Gasteiger partial charge on any atom is -0.325 e. The second-order valence-electron chi connectivity index (χ2n) is 5.96. The van der Waals surface area contributed by atoms with E-state index in [0.29, 0.717) is 5.41 Å². The summed E-state index contributed by atoms with van der Waals surface area (Å²) in [7, 11) is 0. The Balaban J connectivity index is 1.78. The first-order valence-corrected chi connectivity index (χ1v) is 6.71. The van der Waals surface area contributed by atoms with Crippen LogP contribution in [0.1, 0.15) is 38.3 Å². The number of nitrogens with one attached hydrogen (secondary N) is 1. The van der Waals surface area contributed by atoms with Crippen molar-refractivity contribution in [3.05, 3.63) is 35.9 Å². The first-order chi connectivity index (χ1) is 8.59. The Morgan fingerprint density at radius 2 is 2.00 bits per heavy atom. The lowest BCUT2D eigenvalue weighted by atomic mass is 10.1. The summed E-state index contributed by atoms with van der Waals surface area (Å²) >= 11 is 0. The van der Waals surface area contributed by atoms with Gasteiger partial charge in [-0.25, -0.2) is 0 Å². The molecule has 2 aliphatic rings. The highest BCUT2D eigenvalue weighted by Crippen LogP contribution is 2.46. The molecule has 0 spiro atoms. The molecule has 3 heteroatoms. The molecule has 96 valence electrons. The SMILES string of the molecule is CC1NC(c2ccccc2)C(=O)N1CC1(C)CC1. The van der Waals surface area contributed by atoms with Gasteiger partial charge in [0.2, 0.25) is 5.91 Å². The van der Waals surface area contributed by atoms with Crippen LogP contribution in [0.5, 0.6) is 0 Å². The Morgan fingerprint density at radius 3 is 2.61 bits per heavy atom. The van der Waals surface area contributed by atoms with Crippen LogP contribution in [0.2, 0.25) is 0 Å². The van der Waals surface area contributed by atoms with E-state index in [-0.39, 0.29) is 18.1 Å². The van der Waals surface area contributed by atoms with Crippen molar-refractivity contribution in [2.45, 2.75) is 38.9 Å². The van der Waals surface area contributed by atoms with Gasteiger partial charge in [-0.2, -0.15) is 0 Å². The fraction of sp³-hybridized carbons (Fsp3) is 0.533. The van der Waals surface area contributed by atoms with Crippen molar-refractivity contribution < 1.29 is 4.79 Å². The van der Waals surface area contributed by atoms with E-state index in [4.69, 9.17) is 0 Å². The maximum atomic E-state index is 12.5. The van der Waals surface area contributed by atoms with Gasteiger partial charge in [0.1, 0.15) is 6.04 Å². The van der Waals surface area contributed by atoms with Gasteiger partial charge < -0.3 is 4.90 Å². The average molecular weight is 244 g/mol. The Bertz CT molecular complexity index is 453. The van der Waals surface area contributed by atoms with Gasteiger partial charge in [0, 0.05) is 6.54 Å². The van der Waals surface area contributed by atoms with Crippen LogP contribution in [0, 0.1) is 5.41 Å². The highest BCUT2D eigenvalue weighted by Gasteiger charge is 2.45. The van der Waals surface area contributed by atoms with E-state index in [1.54, 1.807) is 0 Å². The number of amides is 1. The standard InChI is InChI=1S/C15H20N2O/c1-11-16-13(12-6-4-3-5-7-12)14(18)17(11)10-15(2)8-9-15/h3-7,11,13,16H,8-10H2,1-2H3. The molecule has 2 fully saturated rings. The minimum absolute atomic E-state index is 0.139. The second kappa shape index (κ2) is 4.09. The van der Waals surface area contributed by atoms with Crippen LogP contribution in [0.15, 0.2) is 30.3 Å². The molecule has 1 heterocycles. The summed E-state index contributed by atoms with van der Waals surface area (Å²) < 4.78 is 0. The number of hydrogen-bond acceptors (Lipinski definition) is 2. The second-order valence-corrected chi connectivity index (χ2v) is 5.96. The Labute approximate surface area is 108 Å². The number of carbonyl (C=O) groups excluding carboxylic acids is 1. The van der Waals surface area contributed by atoms with E-state index in [0.717, 1.165) is 12.1 Å². The highest BCUT2D eigenvalue weighted by molar-refractivity contribution is 5.85. The summed E-state index contributed by atoms with van der Waals surface area (Å²) in [5.74, 6) is 0.224. The first-order valence-electron chi connectivity index (χ1n) is 6.71. The molecule has 1 aromatic carbocycles. The number of hydrogen-bond donors (Lipinski definition) is 1. The summed E-state index contributed by atoms with van der Waals surface area (Å²) in [6.45, 7) is 5.23. The Kier molecular flexibility index (Phi) is 2.67. The van der Waals surface area contributed by atoms with Gasteiger partial charge >= 0.3 is 0 Å². The normalized spacial score (nSPS) is 29.7. The molecule has 1 aliphatic heterocycles. The molecule has 1 N–H and O–H groups in total. The van der Waals surface area contributed by atoms with Crippen LogP contribution >= 0.6 is 0 Å². The van der Waals surface area contributed by atoms with E-state index in [9.17, 15) is 4.79 Å². The molecule has 2 atom stereocenters. The highest BCUT2D eigenvalue weighted by atomic mass is 16.2. The molecule has 2 unspecified atom stereocenters. The van der Waals surface area contributed by atoms with Crippen LogP contribution in [0.4, 0.5) is 0 Å². The lowest BCUT2D eigenvalue weighted by Gasteiger charge is -2.24. The predicted molar refractivity (Wildman–Crippen MR) is 70.8 cm³/mol. The van der Waals surface area contributed by atoms with Gasteiger partial charge in [-0.05, 0) is 30.7 Å². The monoisotopic (exact) mass is 244 g/mol. The fourth-order valence-electron chi connectivity index (χ4n) is 2.64. The summed E-state index contributed by atoms with van der Waals surface area (Å²) in [4.78, 5) is 14.5. The van der Waals surface area contributed by atoms with Gasteiger partial charge in [0.05, 0.1) is 6.17 Å². The third-order valence-electron chi connectivity index (χ3n) is 4.19. The van der Waals surface area contributed by atoms with Gasteiger partial charge in [-0.15, -0.1) is 0 Å². The molecule has 0 bridgehead atoms. The number of rotatable bonds is 3. The van der Waals surface area contributed by atoms with Gasteiger partial charge in [0.25, 0.3) is 0 Å². The lowest BCUT2D eigenvalue weighted by Crippen LogP contribution is -2.38. The van der Waals surface area contributed by atoms with E-state index in [2.05, 4.69) is 19.2 Å². The van der Waals surface area contributed by atoms with E-state index in [1.807, 2.05) is 35.2 Å². The maximum Gasteiger partial charge on any atom is 0.245 e. The molecule has 0 radical (unpaired) electrons. The molecule has 1 aliphatic carbocycles. The van der Waals surface area contributed by atoms with Crippen molar-refractivity contribution in [3.63, 3.8) is 0 Å². The molecule has 1 saturated heterocycles. The topological polar surface area (TPSA) is 32.3 Å². The lowest BCUT2D eigenvalue weighted by molar-refractivity contribution is -0.130. The summed E-state index contributed by atoms with van der Waals surface area (Å²) in [6.07, 6.45) is 2.64. The molecule has 18 heavy (non-hydrogen) atoms. The van der Waals surface area contributed by atoms with E-state index < -0.39 is 0 Å². The third kappa shape index (κ3) is 2.03. The maximum absolute atomic E-state index is 12.5. The number of nitrogens with zero attached hydrogens (tertiary/aromatic N) is 1. The molecule has 1 saturated carbocycles. The molecule has 3 rings (SSSR count). The largest absolute Gasteiger partial charge is 0.325 e. The molecule has 3 nitrogen and oxygen atoms in total. The van der Waals surface area contributed by atoms with Gasteiger partial charge in [-0.1, -0.05) is 37.3 Å². The summed E-state index contributed by atoms with van der Waals surface area (Å²) in [6, 6.07) is 9.83. The molecule has 1 aromatic rings. The van der Waals surface area contributed by atoms with Crippen molar-refractivity contribution in [1.29, 1.82) is 0 Å². The zero-order valence-corrected chi connectivity index (χ0v) is 11.0. The van der Waals surface area contributed by atoms with E-state index in [1.165, 1.54) is 12.8 Å². The molecule has 0 aromatic heterocycles. The quantitative estimate of drug-likeness (QED) is 0.885. The van der Waals surface area contributed by atoms with Crippen molar-refractivity contribution in [2.75, 3.05) is 6.54 Å². The number of benzene rings is 1. The molecular formula is C15H20N2O. The van der Waals surface area contributed by atoms with Crippen LogP contribution in [-0.2, 0) is 4.79 Å². The van der Waals surface area contributed by atoms with Crippen molar-refractivity contribution in [3.8, 4) is 0 Å². The first kappa shape index (κ1) is 11.7. The number of carbonyl (C=O) groups is 1. The predicted octanol–water partition coefficient (Wildman–Crippen LogP) is 2.31. The smallest absolute Gasteiger partial charge is 0.245 e. The van der Waals surface area contributed by atoms with Crippen molar-refractivity contribution in [2.24, 2.45) is 5.41 Å². The van der Waals surface area contributed by atoms with Crippen molar-refractivity contribution >= 4 is 5.91 Å².